The van der Waals surface area contributed by atoms with Gasteiger partial charge >= 0.3 is 0 Å². The molecule has 12 heteroatoms. The highest BCUT2D eigenvalue weighted by molar-refractivity contribution is 6.09. The van der Waals surface area contributed by atoms with Gasteiger partial charge in [0.2, 0.25) is 5.91 Å². The molecule has 9 nitrogen and oxygen atoms in total. The second-order valence-corrected chi connectivity index (χ2v) is 9.43. The molecule has 1 aliphatic heterocycles. The molecule has 196 valence electrons. The number of alkyl halides is 3. The lowest BCUT2D eigenvalue weighted by Crippen LogP contribution is -2.42. The van der Waals surface area contributed by atoms with Gasteiger partial charge in [-0.3, -0.25) is 9.59 Å². The van der Waals surface area contributed by atoms with Crippen molar-refractivity contribution >= 4 is 22.8 Å². The summed E-state index contributed by atoms with van der Waals surface area (Å²) < 4.78 is 47.5. The average Bonchev–Trinajstić information content (AvgIpc) is 3.55. The van der Waals surface area contributed by atoms with Crippen LogP contribution in [0.2, 0.25) is 0 Å². The van der Waals surface area contributed by atoms with Gasteiger partial charge in [-0.1, -0.05) is 0 Å². The van der Waals surface area contributed by atoms with Crippen molar-refractivity contribution in [3.63, 3.8) is 0 Å². The fourth-order valence-corrected chi connectivity index (χ4v) is 4.53. The van der Waals surface area contributed by atoms with E-state index in [9.17, 15) is 22.8 Å². The SMILES string of the molecule is Cc1[nH]c2c(-c3cc(C(F)F)ccc3OCC3CC3)ncnc2c1C(=O)N[C@H]1CN(C(=O)CO)C[C@H]1F. The predicted octanol–water partition coefficient (Wildman–Crippen LogP) is 2.93. The quantitative estimate of drug-likeness (QED) is 0.423. The molecule has 5 rings (SSSR count). The van der Waals surface area contributed by atoms with E-state index in [0.717, 1.165) is 17.7 Å². The third kappa shape index (κ3) is 4.97. The number of aliphatic hydroxyl groups excluding tert-OH is 1. The van der Waals surface area contributed by atoms with Crippen molar-refractivity contribution in [1.29, 1.82) is 0 Å². The van der Waals surface area contributed by atoms with Gasteiger partial charge in [0.25, 0.3) is 12.3 Å². The Balaban J connectivity index is 1.48. The van der Waals surface area contributed by atoms with Crippen molar-refractivity contribution in [3.05, 3.63) is 41.3 Å². The number of carbonyl (C=O) groups is 2. The van der Waals surface area contributed by atoms with Crippen LogP contribution in [0, 0.1) is 12.8 Å². The summed E-state index contributed by atoms with van der Waals surface area (Å²) in [6.07, 6.45) is -0.848. The Morgan fingerprint density at radius 1 is 1.27 bits per heavy atom. The number of fused-ring (bicyclic) bond motifs is 1. The topological polar surface area (TPSA) is 120 Å². The number of nitrogens with one attached hydrogen (secondary N) is 2. The van der Waals surface area contributed by atoms with E-state index in [2.05, 4.69) is 20.3 Å². The van der Waals surface area contributed by atoms with E-state index in [1.165, 1.54) is 24.5 Å². The number of hydrogen-bond donors (Lipinski definition) is 3. The van der Waals surface area contributed by atoms with Crippen LogP contribution in [0.15, 0.2) is 24.5 Å². The average molecular weight is 518 g/mol. The fourth-order valence-electron chi connectivity index (χ4n) is 4.53. The van der Waals surface area contributed by atoms with Crippen LogP contribution in [0.4, 0.5) is 13.2 Å². The lowest BCUT2D eigenvalue weighted by molar-refractivity contribution is -0.133. The van der Waals surface area contributed by atoms with E-state index in [4.69, 9.17) is 9.84 Å². The summed E-state index contributed by atoms with van der Waals surface area (Å²) in [5.74, 6) is -0.388. The van der Waals surface area contributed by atoms with Crippen LogP contribution < -0.4 is 10.1 Å². The van der Waals surface area contributed by atoms with E-state index >= 15 is 0 Å². The highest BCUT2D eigenvalue weighted by atomic mass is 19.3. The number of aromatic amines is 1. The monoisotopic (exact) mass is 517 g/mol. The van der Waals surface area contributed by atoms with Gasteiger partial charge in [0.1, 0.15) is 36.1 Å². The van der Waals surface area contributed by atoms with Crippen molar-refractivity contribution in [2.75, 3.05) is 26.3 Å². The van der Waals surface area contributed by atoms with Crippen molar-refractivity contribution in [1.82, 2.24) is 25.2 Å². The number of aliphatic hydroxyl groups is 1. The van der Waals surface area contributed by atoms with Gasteiger partial charge in [0.15, 0.2) is 0 Å². The molecule has 1 saturated carbocycles. The molecule has 2 aromatic heterocycles. The molecule has 3 aromatic rings. The second-order valence-electron chi connectivity index (χ2n) is 9.43. The molecule has 2 aliphatic rings. The summed E-state index contributed by atoms with van der Waals surface area (Å²) in [7, 11) is 0. The van der Waals surface area contributed by atoms with Crippen LogP contribution in [-0.4, -0.2) is 75.3 Å². The number of aromatic nitrogens is 3. The zero-order valence-electron chi connectivity index (χ0n) is 20.0. The van der Waals surface area contributed by atoms with E-state index in [1.54, 1.807) is 6.92 Å². The predicted molar refractivity (Wildman–Crippen MR) is 127 cm³/mol. The number of ether oxygens (including phenoxy) is 1. The van der Waals surface area contributed by atoms with Gasteiger partial charge in [-0.15, -0.1) is 0 Å². The number of aryl methyl sites for hydroxylation is 1. The molecule has 0 unspecified atom stereocenters. The molecular weight excluding hydrogens is 491 g/mol. The van der Waals surface area contributed by atoms with E-state index < -0.39 is 37.1 Å². The molecule has 2 amide bonds. The highest BCUT2D eigenvalue weighted by Crippen LogP contribution is 2.38. The minimum atomic E-state index is -2.70. The van der Waals surface area contributed by atoms with Crippen molar-refractivity contribution in [3.8, 4) is 17.0 Å². The number of likely N-dealkylation sites (tertiary alicyclic amines) is 1. The Morgan fingerprint density at radius 2 is 2.05 bits per heavy atom. The number of rotatable bonds is 8. The summed E-state index contributed by atoms with van der Waals surface area (Å²) in [6, 6.07) is 3.17. The molecule has 1 saturated heterocycles. The maximum Gasteiger partial charge on any atom is 0.263 e. The molecule has 37 heavy (non-hydrogen) atoms. The van der Waals surface area contributed by atoms with Gasteiger partial charge in [-0.05, 0) is 43.9 Å². The number of H-pyrrole nitrogens is 1. The molecule has 0 radical (unpaired) electrons. The summed E-state index contributed by atoms with van der Waals surface area (Å²) in [5, 5.41) is 11.6. The largest absolute Gasteiger partial charge is 0.493 e. The number of benzene rings is 1. The van der Waals surface area contributed by atoms with E-state index in [0.29, 0.717) is 40.7 Å². The third-order valence-corrected chi connectivity index (χ3v) is 6.73. The van der Waals surface area contributed by atoms with Crippen LogP contribution in [0.25, 0.3) is 22.3 Å². The molecular formula is C25H26F3N5O4. The second kappa shape index (κ2) is 10.0. The lowest BCUT2D eigenvalue weighted by atomic mass is 10.0. The van der Waals surface area contributed by atoms with Gasteiger partial charge < -0.3 is 25.0 Å². The number of nitrogens with zero attached hydrogens (tertiary/aromatic N) is 3. The summed E-state index contributed by atoms with van der Waals surface area (Å²) in [6.45, 7) is 1.06. The number of amides is 2. The number of hydrogen-bond acceptors (Lipinski definition) is 6. The standard InChI is InChI=1S/C25H26F3N5O4/c1-12-20(25(36)32-17-8-33(7-16(17)26)19(35)9-34)22-23(31-12)21(29-11-30-22)15-6-14(24(27)28)4-5-18(15)37-10-13-2-3-13/h4-6,11,13,16-17,24,31,34H,2-3,7-10H2,1H3,(H,32,36)/t16-,17+/m1/s1. The van der Waals surface area contributed by atoms with Gasteiger partial charge in [0, 0.05) is 23.4 Å². The summed E-state index contributed by atoms with van der Waals surface area (Å²) in [5.41, 5.74) is 1.63. The first kappa shape index (κ1) is 25.0. The molecule has 2 fully saturated rings. The smallest absolute Gasteiger partial charge is 0.263 e. The zero-order chi connectivity index (χ0) is 26.3. The van der Waals surface area contributed by atoms with Crippen LogP contribution in [0.1, 0.15) is 40.9 Å². The van der Waals surface area contributed by atoms with Gasteiger partial charge in [-0.2, -0.15) is 0 Å². The van der Waals surface area contributed by atoms with Crippen molar-refractivity contribution in [2.45, 2.75) is 38.4 Å². The third-order valence-electron chi connectivity index (χ3n) is 6.73. The van der Waals surface area contributed by atoms with Gasteiger partial charge in [0.05, 0.1) is 30.3 Å². The highest BCUT2D eigenvalue weighted by Gasteiger charge is 2.37. The minimum Gasteiger partial charge on any atom is -0.493 e. The van der Waals surface area contributed by atoms with Crippen LogP contribution in [-0.2, 0) is 4.79 Å². The minimum absolute atomic E-state index is 0.0734. The first-order valence-corrected chi connectivity index (χ1v) is 12.0. The van der Waals surface area contributed by atoms with E-state index in [1.807, 2.05) is 0 Å². The van der Waals surface area contributed by atoms with Crippen LogP contribution >= 0.6 is 0 Å². The molecule has 1 aliphatic carbocycles. The lowest BCUT2D eigenvalue weighted by Gasteiger charge is -2.16. The molecule has 3 heterocycles. The Morgan fingerprint density at radius 3 is 2.76 bits per heavy atom. The van der Waals surface area contributed by atoms with Crippen LogP contribution in [0.3, 0.4) is 0 Å². The molecule has 0 spiro atoms. The Labute approximate surface area is 210 Å². The van der Waals surface area contributed by atoms with Crippen molar-refractivity contribution < 1.29 is 32.6 Å². The van der Waals surface area contributed by atoms with Gasteiger partial charge in [-0.25, -0.2) is 23.1 Å². The van der Waals surface area contributed by atoms with Crippen molar-refractivity contribution in [2.24, 2.45) is 5.92 Å². The Kier molecular flexibility index (Phi) is 6.76. The number of halogens is 3. The fraction of sp³-hybridized carbons (Fsp3) is 0.440. The normalized spacial score (nSPS) is 19.6. The molecule has 0 bridgehead atoms. The Bertz CT molecular complexity index is 1340. The number of carbonyl (C=O) groups excluding carboxylic acids is 2. The first-order valence-electron chi connectivity index (χ1n) is 12.0. The first-order chi connectivity index (χ1) is 17.8. The maximum absolute atomic E-state index is 14.5. The van der Waals surface area contributed by atoms with Crippen LogP contribution in [0.5, 0.6) is 5.75 Å². The molecule has 2 atom stereocenters. The van der Waals surface area contributed by atoms with E-state index in [-0.39, 0.29) is 29.7 Å². The zero-order valence-corrected chi connectivity index (χ0v) is 20.0. The summed E-state index contributed by atoms with van der Waals surface area (Å²) in [4.78, 5) is 37.7. The summed E-state index contributed by atoms with van der Waals surface area (Å²) >= 11 is 0. The molecule has 1 aromatic carbocycles. The molecule has 3 N–H and O–H groups in total. The Hall–Kier alpha value is -3.67. The maximum atomic E-state index is 14.5.